The number of rotatable bonds is 6. The molecule has 2 aromatic carbocycles. The van der Waals surface area contributed by atoms with Crippen LogP contribution in [0.3, 0.4) is 0 Å². The highest BCUT2D eigenvalue weighted by molar-refractivity contribution is 5.98. The maximum atomic E-state index is 12.2. The summed E-state index contributed by atoms with van der Waals surface area (Å²) in [6, 6.07) is 14.0. The number of carbonyl (C=O) groups is 1. The Hall–Kier alpha value is -3.02. The average molecular weight is 328 g/mol. The number of ether oxygens (including phenoxy) is 2. The Balaban J connectivity index is 1.95. The normalized spacial score (nSPS) is 12.4. The van der Waals surface area contributed by atoms with Gasteiger partial charge in [0.1, 0.15) is 11.5 Å². The number of nitrogens with one attached hydrogen (secondary N) is 1. The van der Waals surface area contributed by atoms with Crippen molar-refractivity contribution in [3.05, 3.63) is 54.1 Å². The van der Waals surface area contributed by atoms with Gasteiger partial charge in [0.15, 0.2) is 6.10 Å². The minimum Gasteiger partial charge on any atom is -0.497 e. The average Bonchev–Trinajstić information content (AvgIpc) is 2.62. The molecular weight excluding hydrogens is 308 g/mol. The van der Waals surface area contributed by atoms with Crippen molar-refractivity contribution in [2.24, 2.45) is 5.16 Å². The lowest BCUT2D eigenvalue weighted by Crippen LogP contribution is -2.30. The molecule has 6 heteroatoms. The standard InChI is InChI=1S/C18H20N2O4/c1-12(20-22)14-4-8-17(9-5-14)24-13(2)18(21)19-15-6-10-16(23-3)11-7-15/h4-11,13,22H,1-3H3,(H,19,21)/b20-12-/t13-/m1/s1. The van der Waals surface area contributed by atoms with E-state index in [0.717, 1.165) is 11.3 Å². The van der Waals surface area contributed by atoms with E-state index < -0.39 is 6.10 Å². The Morgan fingerprint density at radius 2 is 1.67 bits per heavy atom. The molecule has 0 unspecified atom stereocenters. The molecule has 2 aromatic rings. The predicted molar refractivity (Wildman–Crippen MR) is 92.2 cm³/mol. The molecule has 0 fully saturated rings. The number of hydrogen-bond acceptors (Lipinski definition) is 5. The zero-order valence-electron chi connectivity index (χ0n) is 13.8. The summed E-state index contributed by atoms with van der Waals surface area (Å²) in [5, 5.41) is 14.7. The number of nitrogens with zero attached hydrogens (tertiary/aromatic N) is 1. The van der Waals surface area contributed by atoms with E-state index in [1.807, 2.05) is 0 Å². The lowest BCUT2D eigenvalue weighted by atomic mass is 10.1. The molecule has 6 nitrogen and oxygen atoms in total. The van der Waals surface area contributed by atoms with Crippen molar-refractivity contribution in [2.45, 2.75) is 20.0 Å². The van der Waals surface area contributed by atoms with E-state index >= 15 is 0 Å². The number of carbonyl (C=O) groups excluding carboxylic acids is 1. The van der Waals surface area contributed by atoms with Crippen LogP contribution in [0, 0.1) is 0 Å². The molecule has 0 radical (unpaired) electrons. The molecule has 0 aliphatic heterocycles. The fourth-order valence-electron chi connectivity index (χ4n) is 2.01. The molecule has 126 valence electrons. The van der Waals surface area contributed by atoms with Gasteiger partial charge in [0.05, 0.1) is 12.8 Å². The first-order valence-corrected chi connectivity index (χ1v) is 7.44. The topological polar surface area (TPSA) is 80.2 Å². The molecule has 0 aliphatic carbocycles. The first-order chi connectivity index (χ1) is 11.5. The molecule has 24 heavy (non-hydrogen) atoms. The summed E-state index contributed by atoms with van der Waals surface area (Å²) in [5.74, 6) is 1.03. The number of hydrogen-bond donors (Lipinski definition) is 2. The van der Waals surface area contributed by atoms with Crippen molar-refractivity contribution in [3.63, 3.8) is 0 Å². The molecule has 0 saturated carbocycles. The molecule has 1 amide bonds. The van der Waals surface area contributed by atoms with E-state index in [9.17, 15) is 4.79 Å². The lowest BCUT2D eigenvalue weighted by molar-refractivity contribution is -0.122. The van der Waals surface area contributed by atoms with Crippen LogP contribution in [0.2, 0.25) is 0 Å². The maximum Gasteiger partial charge on any atom is 0.265 e. The van der Waals surface area contributed by atoms with Crippen molar-refractivity contribution in [1.82, 2.24) is 0 Å². The maximum absolute atomic E-state index is 12.2. The van der Waals surface area contributed by atoms with Gasteiger partial charge in [0.25, 0.3) is 5.91 Å². The van der Waals surface area contributed by atoms with Crippen LogP contribution < -0.4 is 14.8 Å². The number of methoxy groups -OCH3 is 1. The molecule has 2 rings (SSSR count). The van der Waals surface area contributed by atoms with Crippen LogP contribution in [0.4, 0.5) is 5.69 Å². The number of oxime groups is 1. The monoisotopic (exact) mass is 328 g/mol. The number of anilines is 1. The highest BCUT2D eigenvalue weighted by Crippen LogP contribution is 2.17. The first kappa shape index (κ1) is 17.3. The van der Waals surface area contributed by atoms with Crippen molar-refractivity contribution in [2.75, 3.05) is 12.4 Å². The van der Waals surface area contributed by atoms with Gasteiger partial charge in [-0.05, 0) is 67.9 Å². The minimum absolute atomic E-state index is 0.252. The third kappa shape index (κ3) is 4.49. The smallest absolute Gasteiger partial charge is 0.265 e. The fraction of sp³-hybridized carbons (Fsp3) is 0.222. The summed E-state index contributed by atoms with van der Waals surface area (Å²) in [6.45, 7) is 3.37. The molecule has 0 heterocycles. The summed E-state index contributed by atoms with van der Waals surface area (Å²) < 4.78 is 10.7. The van der Waals surface area contributed by atoms with E-state index in [0.29, 0.717) is 17.1 Å². The second-order valence-electron chi connectivity index (χ2n) is 5.19. The number of amides is 1. The SMILES string of the molecule is COc1ccc(NC(=O)[C@@H](C)Oc2ccc(/C(C)=N\O)cc2)cc1. The van der Waals surface area contributed by atoms with E-state index in [4.69, 9.17) is 14.7 Å². The van der Waals surface area contributed by atoms with Gasteiger partial charge < -0.3 is 20.0 Å². The Kier molecular flexibility index (Phi) is 5.78. The first-order valence-electron chi connectivity index (χ1n) is 7.44. The van der Waals surface area contributed by atoms with Crippen LogP contribution in [0.5, 0.6) is 11.5 Å². The van der Waals surface area contributed by atoms with Gasteiger partial charge in [0.2, 0.25) is 0 Å². The van der Waals surface area contributed by atoms with Crippen LogP contribution in [-0.2, 0) is 4.79 Å². The summed E-state index contributed by atoms with van der Waals surface area (Å²) in [5.41, 5.74) is 1.95. The highest BCUT2D eigenvalue weighted by atomic mass is 16.5. The van der Waals surface area contributed by atoms with Gasteiger partial charge in [-0.1, -0.05) is 5.16 Å². The second kappa shape index (κ2) is 8.01. The third-order valence-corrected chi connectivity index (χ3v) is 3.46. The lowest BCUT2D eigenvalue weighted by Gasteiger charge is -2.15. The minimum atomic E-state index is -0.662. The quantitative estimate of drug-likeness (QED) is 0.484. The van der Waals surface area contributed by atoms with Crippen LogP contribution in [0.25, 0.3) is 0 Å². The molecule has 0 saturated heterocycles. The third-order valence-electron chi connectivity index (χ3n) is 3.46. The van der Waals surface area contributed by atoms with Crippen LogP contribution in [-0.4, -0.2) is 30.0 Å². The van der Waals surface area contributed by atoms with Gasteiger partial charge in [-0.25, -0.2) is 0 Å². The predicted octanol–water partition coefficient (Wildman–Crippen LogP) is 3.30. The van der Waals surface area contributed by atoms with Crippen molar-refractivity contribution in [1.29, 1.82) is 0 Å². The Morgan fingerprint density at radius 3 is 2.21 bits per heavy atom. The van der Waals surface area contributed by atoms with Gasteiger partial charge in [-0.15, -0.1) is 0 Å². The molecule has 0 aromatic heterocycles. The van der Waals surface area contributed by atoms with E-state index in [-0.39, 0.29) is 5.91 Å². The number of benzene rings is 2. The largest absolute Gasteiger partial charge is 0.497 e. The Labute approximate surface area is 140 Å². The van der Waals surface area contributed by atoms with E-state index in [1.54, 1.807) is 69.5 Å². The van der Waals surface area contributed by atoms with Crippen molar-refractivity contribution < 1.29 is 19.5 Å². The van der Waals surface area contributed by atoms with Crippen molar-refractivity contribution >= 4 is 17.3 Å². The van der Waals surface area contributed by atoms with Gasteiger partial charge >= 0.3 is 0 Å². The van der Waals surface area contributed by atoms with E-state index in [2.05, 4.69) is 10.5 Å². The summed E-state index contributed by atoms with van der Waals surface area (Å²) in [7, 11) is 1.59. The summed E-state index contributed by atoms with van der Waals surface area (Å²) in [4.78, 5) is 12.2. The Bertz CT molecular complexity index is 709. The molecule has 0 spiro atoms. The van der Waals surface area contributed by atoms with Gasteiger partial charge in [0, 0.05) is 5.69 Å². The molecule has 2 N–H and O–H groups in total. The van der Waals surface area contributed by atoms with Crippen LogP contribution in [0.1, 0.15) is 19.4 Å². The van der Waals surface area contributed by atoms with Gasteiger partial charge in [-0.3, -0.25) is 4.79 Å². The fourth-order valence-corrected chi connectivity index (χ4v) is 2.01. The zero-order valence-corrected chi connectivity index (χ0v) is 13.8. The molecular formula is C18H20N2O4. The molecule has 1 atom stereocenters. The second-order valence-corrected chi connectivity index (χ2v) is 5.19. The Morgan fingerprint density at radius 1 is 1.08 bits per heavy atom. The molecule has 0 bridgehead atoms. The summed E-state index contributed by atoms with van der Waals surface area (Å²) in [6.07, 6.45) is -0.662. The van der Waals surface area contributed by atoms with Crippen LogP contribution in [0.15, 0.2) is 53.7 Å². The van der Waals surface area contributed by atoms with Crippen LogP contribution >= 0.6 is 0 Å². The van der Waals surface area contributed by atoms with E-state index in [1.165, 1.54) is 0 Å². The van der Waals surface area contributed by atoms with Gasteiger partial charge in [-0.2, -0.15) is 0 Å². The zero-order chi connectivity index (χ0) is 17.5. The molecule has 0 aliphatic rings. The highest BCUT2D eigenvalue weighted by Gasteiger charge is 2.15. The van der Waals surface area contributed by atoms with Crippen molar-refractivity contribution in [3.8, 4) is 11.5 Å². The summed E-state index contributed by atoms with van der Waals surface area (Å²) >= 11 is 0.